The summed E-state index contributed by atoms with van der Waals surface area (Å²) in [4.78, 5) is 2.48. The average molecular weight is 830 g/mol. The highest BCUT2D eigenvalue weighted by Gasteiger charge is 2.36. The van der Waals surface area contributed by atoms with Crippen molar-refractivity contribution in [3.63, 3.8) is 0 Å². The molecule has 0 radical (unpaired) electrons. The number of hydrogen-bond donors (Lipinski definition) is 0. The Kier molecular flexibility index (Phi) is 8.29. The normalized spacial score (nSPS) is 12.9. The minimum absolute atomic E-state index is 0.172. The van der Waals surface area contributed by atoms with Crippen molar-refractivity contribution in [2.75, 3.05) is 4.90 Å². The fourth-order valence-electron chi connectivity index (χ4n) is 10.8. The summed E-state index contributed by atoms with van der Waals surface area (Å²) in [5.41, 5.74) is 17.1. The highest BCUT2D eigenvalue weighted by molar-refractivity contribution is 6.16. The van der Waals surface area contributed by atoms with Crippen molar-refractivity contribution in [3.05, 3.63) is 236 Å². The number of rotatable bonds is 6. The molecule has 306 valence electrons. The lowest BCUT2D eigenvalue weighted by Crippen LogP contribution is -2.17. The van der Waals surface area contributed by atoms with Crippen LogP contribution in [0.2, 0.25) is 0 Å². The van der Waals surface area contributed by atoms with Gasteiger partial charge >= 0.3 is 0 Å². The molecule has 1 heterocycles. The highest BCUT2D eigenvalue weighted by Crippen LogP contribution is 2.53. The number of nitrogens with zero attached hydrogens (tertiary/aromatic N) is 1. The summed E-state index contributed by atoms with van der Waals surface area (Å²) in [5, 5.41) is 9.65. The van der Waals surface area contributed by atoms with E-state index in [4.69, 9.17) is 4.42 Å². The van der Waals surface area contributed by atoms with E-state index < -0.39 is 0 Å². The third-order valence-electron chi connectivity index (χ3n) is 14.0. The van der Waals surface area contributed by atoms with E-state index in [1.165, 1.54) is 71.3 Å². The summed E-state index contributed by atoms with van der Waals surface area (Å²) in [6.07, 6.45) is 0. The van der Waals surface area contributed by atoms with E-state index in [9.17, 15) is 0 Å². The van der Waals surface area contributed by atoms with Crippen LogP contribution in [0.5, 0.6) is 0 Å². The van der Waals surface area contributed by atoms with Crippen molar-refractivity contribution in [2.45, 2.75) is 19.3 Å². The Morgan fingerprint density at radius 2 is 0.969 bits per heavy atom. The molecular formula is C63H43NO. The standard InChI is InChI=1S/C63H43NO/c1-63(2)57-23-11-9-20-51(57)52-35-33-47(39-58(52)63)64(46-31-28-41(29-32-46)43-27-26-40-14-3-4-15-42(40)36-43)59-24-13-22-55(56-37-44-16-5-6-17-48(44)49-18-7-8-19-50(49)56)62(59)45-30-34-54-53-21-10-12-25-60(53)65-61(54)38-45/h3-39H,1-2H3. The first-order valence-electron chi connectivity index (χ1n) is 22.6. The van der Waals surface area contributed by atoms with Gasteiger partial charge in [0, 0.05) is 33.1 Å². The van der Waals surface area contributed by atoms with E-state index in [2.05, 4.69) is 237 Å². The van der Waals surface area contributed by atoms with Gasteiger partial charge in [-0.2, -0.15) is 0 Å². The summed E-state index contributed by atoms with van der Waals surface area (Å²) in [6, 6.07) is 82.5. The van der Waals surface area contributed by atoms with E-state index in [-0.39, 0.29) is 5.41 Å². The summed E-state index contributed by atoms with van der Waals surface area (Å²) < 4.78 is 6.63. The Morgan fingerprint density at radius 1 is 0.338 bits per heavy atom. The van der Waals surface area contributed by atoms with Crippen LogP contribution in [0.25, 0.3) is 98.8 Å². The van der Waals surface area contributed by atoms with Crippen LogP contribution in [0.3, 0.4) is 0 Å². The molecule has 0 N–H and O–H groups in total. The van der Waals surface area contributed by atoms with Gasteiger partial charge in [0.15, 0.2) is 0 Å². The van der Waals surface area contributed by atoms with Crippen LogP contribution in [-0.4, -0.2) is 0 Å². The van der Waals surface area contributed by atoms with Crippen molar-refractivity contribution in [1.82, 2.24) is 0 Å². The van der Waals surface area contributed by atoms with Crippen LogP contribution in [0.15, 0.2) is 229 Å². The maximum atomic E-state index is 6.63. The van der Waals surface area contributed by atoms with Crippen molar-refractivity contribution in [1.29, 1.82) is 0 Å². The molecule has 0 bridgehead atoms. The van der Waals surface area contributed by atoms with Crippen LogP contribution in [0.1, 0.15) is 25.0 Å². The van der Waals surface area contributed by atoms with Crippen molar-refractivity contribution in [2.24, 2.45) is 0 Å². The van der Waals surface area contributed by atoms with Gasteiger partial charge < -0.3 is 9.32 Å². The van der Waals surface area contributed by atoms with Gasteiger partial charge in [0.05, 0.1) is 5.69 Å². The third kappa shape index (κ3) is 5.88. The number of fused-ring (bicyclic) bond motifs is 10. The van der Waals surface area contributed by atoms with Crippen molar-refractivity contribution in [3.8, 4) is 44.5 Å². The monoisotopic (exact) mass is 829 g/mol. The largest absolute Gasteiger partial charge is 0.456 e. The van der Waals surface area contributed by atoms with Gasteiger partial charge in [-0.1, -0.05) is 178 Å². The molecule has 0 aliphatic heterocycles. The number of furan rings is 1. The number of hydrogen-bond acceptors (Lipinski definition) is 2. The molecule has 1 aliphatic rings. The maximum Gasteiger partial charge on any atom is 0.136 e. The SMILES string of the molecule is CC1(C)c2ccccc2-c2ccc(N(c3ccc(-c4ccc5ccccc5c4)cc3)c3cccc(-c4cc5ccccc5c5ccccc45)c3-c3ccc4c(c3)oc3ccccc34)cc21. The second-order valence-electron chi connectivity index (χ2n) is 18.0. The summed E-state index contributed by atoms with van der Waals surface area (Å²) in [5.74, 6) is 0. The first kappa shape index (κ1) is 37.4. The third-order valence-corrected chi connectivity index (χ3v) is 14.0. The molecule has 12 aromatic rings. The van der Waals surface area contributed by atoms with Crippen LogP contribution < -0.4 is 4.90 Å². The molecule has 1 aromatic heterocycles. The summed E-state index contributed by atoms with van der Waals surface area (Å²) in [7, 11) is 0. The lowest BCUT2D eigenvalue weighted by molar-refractivity contribution is 0.660. The molecule has 2 nitrogen and oxygen atoms in total. The summed E-state index contributed by atoms with van der Waals surface area (Å²) >= 11 is 0. The van der Waals surface area contributed by atoms with E-state index in [0.717, 1.165) is 55.7 Å². The average Bonchev–Trinajstić information content (AvgIpc) is 3.84. The van der Waals surface area contributed by atoms with Crippen LogP contribution in [0.4, 0.5) is 17.1 Å². The molecule has 0 unspecified atom stereocenters. The van der Waals surface area contributed by atoms with Crippen LogP contribution in [-0.2, 0) is 5.41 Å². The quantitative estimate of drug-likeness (QED) is 0.155. The zero-order chi connectivity index (χ0) is 43.2. The predicted molar refractivity (Wildman–Crippen MR) is 275 cm³/mol. The molecule has 11 aromatic carbocycles. The molecule has 0 amide bonds. The molecule has 0 fully saturated rings. The van der Waals surface area contributed by atoms with E-state index in [1.54, 1.807) is 0 Å². The molecule has 13 rings (SSSR count). The highest BCUT2D eigenvalue weighted by atomic mass is 16.3. The van der Waals surface area contributed by atoms with Gasteiger partial charge in [-0.15, -0.1) is 0 Å². The Labute approximate surface area is 378 Å². The van der Waals surface area contributed by atoms with Gasteiger partial charge in [0.2, 0.25) is 0 Å². The van der Waals surface area contributed by atoms with Crippen LogP contribution >= 0.6 is 0 Å². The molecule has 0 saturated heterocycles. The summed E-state index contributed by atoms with van der Waals surface area (Å²) in [6.45, 7) is 4.73. The second kappa shape index (κ2) is 14.4. The molecule has 1 aliphatic carbocycles. The first-order valence-corrected chi connectivity index (χ1v) is 22.6. The zero-order valence-electron chi connectivity index (χ0n) is 36.2. The van der Waals surface area contributed by atoms with E-state index >= 15 is 0 Å². The Hall–Kier alpha value is -8.20. The van der Waals surface area contributed by atoms with Crippen molar-refractivity contribution < 1.29 is 4.42 Å². The zero-order valence-corrected chi connectivity index (χ0v) is 36.2. The Balaban J connectivity index is 1.08. The smallest absolute Gasteiger partial charge is 0.136 e. The Morgan fingerprint density at radius 3 is 1.83 bits per heavy atom. The van der Waals surface area contributed by atoms with Crippen molar-refractivity contribution >= 4 is 71.3 Å². The molecule has 65 heavy (non-hydrogen) atoms. The molecule has 0 spiro atoms. The Bertz CT molecular complexity index is 3870. The second-order valence-corrected chi connectivity index (χ2v) is 18.0. The maximum absolute atomic E-state index is 6.63. The van der Waals surface area contributed by atoms with Gasteiger partial charge in [-0.3, -0.25) is 0 Å². The van der Waals surface area contributed by atoms with E-state index in [0.29, 0.717) is 0 Å². The minimum atomic E-state index is -0.172. The fraction of sp³-hybridized carbons (Fsp3) is 0.0476. The van der Waals surface area contributed by atoms with Gasteiger partial charge in [0.25, 0.3) is 0 Å². The molecule has 0 atom stereocenters. The molecule has 0 saturated carbocycles. The number of para-hydroxylation sites is 1. The number of anilines is 3. The molecular weight excluding hydrogens is 787 g/mol. The van der Waals surface area contributed by atoms with Gasteiger partial charge in [-0.25, -0.2) is 0 Å². The topological polar surface area (TPSA) is 16.4 Å². The minimum Gasteiger partial charge on any atom is -0.456 e. The van der Waals surface area contributed by atoms with Crippen LogP contribution in [0, 0.1) is 0 Å². The van der Waals surface area contributed by atoms with Gasteiger partial charge in [0.1, 0.15) is 11.2 Å². The van der Waals surface area contributed by atoms with Gasteiger partial charge in [-0.05, 0) is 143 Å². The lowest BCUT2D eigenvalue weighted by Gasteiger charge is -2.31. The lowest BCUT2D eigenvalue weighted by atomic mass is 9.82. The first-order chi connectivity index (χ1) is 32.0. The van der Waals surface area contributed by atoms with E-state index in [1.807, 2.05) is 6.07 Å². The molecule has 2 heteroatoms. The fourth-order valence-corrected chi connectivity index (χ4v) is 10.8. The predicted octanol–water partition coefficient (Wildman–Crippen LogP) is 17.8. The number of benzene rings is 11.